The first-order chi connectivity index (χ1) is 10.3. The van der Waals surface area contributed by atoms with Gasteiger partial charge in [0.1, 0.15) is 5.82 Å². The minimum Gasteiger partial charge on any atom is -0.379 e. The molecule has 1 saturated heterocycles. The van der Waals surface area contributed by atoms with Crippen LogP contribution in [0.1, 0.15) is 68.6 Å². The highest BCUT2D eigenvalue weighted by atomic mass is 16.5. The predicted molar refractivity (Wildman–Crippen MR) is 82.5 cm³/mol. The first kappa shape index (κ1) is 13.8. The molecule has 4 nitrogen and oxygen atoms in total. The highest BCUT2D eigenvalue weighted by Crippen LogP contribution is 2.39. The molecule has 0 aromatic carbocycles. The van der Waals surface area contributed by atoms with Gasteiger partial charge in [0, 0.05) is 37.7 Å². The van der Waals surface area contributed by atoms with Crippen molar-refractivity contribution in [3.8, 4) is 0 Å². The van der Waals surface area contributed by atoms with Crippen LogP contribution in [-0.2, 0) is 23.2 Å². The van der Waals surface area contributed by atoms with Gasteiger partial charge in [0.05, 0.1) is 17.8 Å². The Morgan fingerprint density at radius 2 is 2.14 bits per heavy atom. The van der Waals surface area contributed by atoms with E-state index in [1.165, 1.54) is 55.7 Å². The van der Waals surface area contributed by atoms with E-state index in [1.807, 2.05) is 0 Å². The molecule has 4 rings (SSSR count). The zero-order chi connectivity index (χ0) is 14.3. The molecular formula is C17H27N3O. The standard InChI is InChI=1S/C17H27N3O/c1-17(8-4-10-21-12-17)20-15-7-9-18-11-14(15)19-16(20)13-5-2-3-6-13/h13,18H,2-12H2,1H3. The summed E-state index contributed by atoms with van der Waals surface area (Å²) in [6.45, 7) is 6.18. The lowest BCUT2D eigenvalue weighted by Crippen LogP contribution is -2.42. The Morgan fingerprint density at radius 3 is 2.90 bits per heavy atom. The van der Waals surface area contributed by atoms with Crippen LogP contribution in [0.15, 0.2) is 0 Å². The number of hydrogen-bond acceptors (Lipinski definition) is 3. The molecule has 1 N–H and O–H groups in total. The highest BCUT2D eigenvalue weighted by Gasteiger charge is 2.37. The van der Waals surface area contributed by atoms with Crippen molar-refractivity contribution in [2.75, 3.05) is 19.8 Å². The van der Waals surface area contributed by atoms with Crippen LogP contribution in [0.4, 0.5) is 0 Å². The first-order valence-electron chi connectivity index (χ1n) is 8.67. The van der Waals surface area contributed by atoms with Crippen LogP contribution in [0.25, 0.3) is 0 Å². The van der Waals surface area contributed by atoms with Crippen LogP contribution >= 0.6 is 0 Å². The third-order valence-corrected chi connectivity index (χ3v) is 5.59. The van der Waals surface area contributed by atoms with Gasteiger partial charge in [-0.1, -0.05) is 12.8 Å². The van der Waals surface area contributed by atoms with Gasteiger partial charge < -0.3 is 14.6 Å². The summed E-state index contributed by atoms with van der Waals surface area (Å²) in [5, 5.41) is 3.48. The van der Waals surface area contributed by atoms with Crippen LogP contribution in [0.3, 0.4) is 0 Å². The van der Waals surface area contributed by atoms with E-state index in [0.717, 1.165) is 32.7 Å². The number of ether oxygens (including phenoxy) is 1. The number of aromatic nitrogens is 2. The fourth-order valence-corrected chi connectivity index (χ4v) is 4.49. The minimum absolute atomic E-state index is 0.119. The Labute approximate surface area is 127 Å². The van der Waals surface area contributed by atoms with Gasteiger partial charge in [-0.2, -0.15) is 0 Å². The van der Waals surface area contributed by atoms with Crippen LogP contribution in [0, 0.1) is 0 Å². The summed E-state index contributed by atoms with van der Waals surface area (Å²) < 4.78 is 8.48. The molecule has 1 saturated carbocycles. The quantitative estimate of drug-likeness (QED) is 0.910. The summed E-state index contributed by atoms with van der Waals surface area (Å²) >= 11 is 0. The second-order valence-electron chi connectivity index (χ2n) is 7.26. The van der Waals surface area contributed by atoms with E-state index < -0.39 is 0 Å². The van der Waals surface area contributed by atoms with Crippen LogP contribution < -0.4 is 5.32 Å². The Morgan fingerprint density at radius 1 is 1.29 bits per heavy atom. The molecule has 3 heterocycles. The summed E-state index contributed by atoms with van der Waals surface area (Å²) in [7, 11) is 0. The second kappa shape index (κ2) is 5.40. The molecule has 21 heavy (non-hydrogen) atoms. The fourth-order valence-electron chi connectivity index (χ4n) is 4.49. The van der Waals surface area contributed by atoms with Crippen molar-refractivity contribution in [2.45, 2.75) is 69.9 Å². The number of hydrogen-bond donors (Lipinski definition) is 1. The average Bonchev–Trinajstić information content (AvgIpc) is 3.15. The number of rotatable bonds is 2. The number of imidazole rings is 1. The third kappa shape index (κ3) is 2.33. The molecule has 1 atom stereocenters. The van der Waals surface area contributed by atoms with E-state index in [2.05, 4.69) is 16.8 Å². The zero-order valence-corrected chi connectivity index (χ0v) is 13.2. The minimum atomic E-state index is 0.119. The number of nitrogens with zero attached hydrogens (tertiary/aromatic N) is 2. The van der Waals surface area contributed by atoms with Crippen LogP contribution in [0.5, 0.6) is 0 Å². The largest absolute Gasteiger partial charge is 0.379 e. The monoisotopic (exact) mass is 289 g/mol. The lowest BCUT2D eigenvalue weighted by atomic mass is 9.92. The van der Waals surface area contributed by atoms with E-state index in [0.29, 0.717) is 5.92 Å². The molecule has 1 aromatic rings. The number of nitrogens with one attached hydrogen (secondary N) is 1. The smallest absolute Gasteiger partial charge is 0.112 e. The topological polar surface area (TPSA) is 39.1 Å². The number of fused-ring (bicyclic) bond motifs is 1. The Kier molecular flexibility index (Phi) is 3.54. The SMILES string of the molecule is CC1(n2c(C3CCCC3)nc3c2CCNC3)CCCOC1. The molecule has 116 valence electrons. The molecule has 0 spiro atoms. The molecule has 1 aliphatic carbocycles. The van der Waals surface area contributed by atoms with E-state index in [4.69, 9.17) is 9.72 Å². The molecule has 2 fully saturated rings. The molecule has 4 heteroatoms. The second-order valence-corrected chi connectivity index (χ2v) is 7.26. The van der Waals surface area contributed by atoms with Gasteiger partial charge in [0.2, 0.25) is 0 Å². The van der Waals surface area contributed by atoms with Crippen molar-refractivity contribution in [1.29, 1.82) is 0 Å². The van der Waals surface area contributed by atoms with Crippen LogP contribution in [-0.4, -0.2) is 29.3 Å². The molecule has 0 radical (unpaired) electrons. The van der Waals surface area contributed by atoms with E-state index in [-0.39, 0.29) is 5.54 Å². The predicted octanol–water partition coefficient (Wildman–Crippen LogP) is 2.71. The molecular weight excluding hydrogens is 262 g/mol. The van der Waals surface area contributed by atoms with Gasteiger partial charge in [-0.15, -0.1) is 0 Å². The van der Waals surface area contributed by atoms with Gasteiger partial charge in [-0.25, -0.2) is 4.98 Å². The molecule has 3 aliphatic rings. The Hall–Kier alpha value is -0.870. The van der Waals surface area contributed by atoms with Crippen molar-refractivity contribution in [3.63, 3.8) is 0 Å². The summed E-state index contributed by atoms with van der Waals surface area (Å²) in [6.07, 6.45) is 8.89. The molecule has 0 amide bonds. The van der Waals surface area contributed by atoms with Gasteiger partial charge in [0.25, 0.3) is 0 Å². The van der Waals surface area contributed by atoms with Crippen molar-refractivity contribution < 1.29 is 4.74 Å². The van der Waals surface area contributed by atoms with Crippen molar-refractivity contribution >= 4 is 0 Å². The van der Waals surface area contributed by atoms with Crippen LogP contribution in [0.2, 0.25) is 0 Å². The lowest BCUT2D eigenvalue weighted by molar-refractivity contribution is 0.00634. The van der Waals surface area contributed by atoms with Gasteiger partial charge in [0.15, 0.2) is 0 Å². The average molecular weight is 289 g/mol. The van der Waals surface area contributed by atoms with Crippen molar-refractivity contribution in [1.82, 2.24) is 14.9 Å². The maximum Gasteiger partial charge on any atom is 0.112 e. The fraction of sp³-hybridized carbons (Fsp3) is 0.824. The maximum atomic E-state index is 5.85. The lowest BCUT2D eigenvalue weighted by Gasteiger charge is -2.38. The molecule has 1 unspecified atom stereocenters. The molecule has 1 aromatic heterocycles. The normalized spacial score (nSPS) is 30.5. The third-order valence-electron chi connectivity index (χ3n) is 5.59. The highest BCUT2D eigenvalue weighted by molar-refractivity contribution is 5.25. The Balaban J connectivity index is 1.80. The zero-order valence-electron chi connectivity index (χ0n) is 13.2. The van der Waals surface area contributed by atoms with E-state index >= 15 is 0 Å². The Bertz CT molecular complexity index is 510. The molecule has 2 aliphatic heterocycles. The summed E-state index contributed by atoms with van der Waals surface area (Å²) in [5.74, 6) is 2.04. The summed E-state index contributed by atoms with van der Waals surface area (Å²) in [5.41, 5.74) is 2.91. The van der Waals surface area contributed by atoms with Crippen molar-refractivity contribution in [2.24, 2.45) is 0 Å². The maximum absolute atomic E-state index is 5.85. The van der Waals surface area contributed by atoms with E-state index in [9.17, 15) is 0 Å². The van der Waals surface area contributed by atoms with Crippen molar-refractivity contribution in [3.05, 3.63) is 17.2 Å². The van der Waals surface area contributed by atoms with Gasteiger partial charge >= 0.3 is 0 Å². The first-order valence-corrected chi connectivity index (χ1v) is 8.67. The molecule has 0 bridgehead atoms. The summed E-state index contributed by atoms with van der Waals surface area (Å²) in [6, 6.07) is 0. The van der Waals surface area contributed by atoms with E-state index in [1.54, 1.807) is 0 Å². The van der Waals surface area contributed by atoms with Gasteiger partial charge in [-0.05, 0) is 32.6 Å². The van der Waals surface area contributed by atoms with Gasteiger partial charge in [-0.3, -0.25) is 0 Å². The summed E-state index contributed by atoms with van der Waals surface area (Å²) in [4.78, 5) is 5.10.